The fourth-order valence-corrected chi connectivity index (χ4v) is 2.58. The second-order valence-electron chi connectivity index (χ2n) is 4.68. The molecule has 0 saturated carbocycles. The van der Waals surface area contributed by atoms with Gasteiger partial charge in [-0.15, -0.1) is 11.6 Å². The Morgan fingerprint density at radius 1 is 1.35 bits per heavy atom. The number of amides is 1. The standard InChI is InChI=1S/C14H17Cl2N3O/c15-7-6-14-18-11-5-4-10(16)9-12(11)19(14)8-2-1-3-13(17)20/h4-5,9H,1-3,6-8H2,(H2,17,20). The average molecular weight is 314 g/mol. The lowest BCUT2D eigenvalue weighted by Gasteiger charge is -2.08. The molecule has 0 aliphatic carbocycles. The fraction of sp³-hybridized carbons (Fsp3) is 0.429. The maximum absolute atomic E-state index is 10.8. The van der Waals surface area contributed by atoms with E-state index in [-0.39, 0.29) is 5.91 Å². The third-order valence-corrected chi connectivity index (χ3v) is 3.59. The number of halogens is 2. The second kappa shape index (κ2) is 6.95. The summed E-state index contributed by atoms with van der Waals surface area (Å²) in [5, 5.41) is 0.688. The van der Waals surface area contributed by atoms with E-state index in [1.54, 1.807) is 0 Å². The van der Waals surface area contributed by atoms with Gasteiger partial charge in [0.15, 0.2) is 0 Å². The third kappa shape index (κ3) is 3.64. The smallest absolute Gasteiger partial charge is 0.217 e. The Hall–Kier alpha value is -1.26. The predicted octanol–water partition coefficient (Wildman–Crippen LogP) is 3.13. The first kappa shape index (κ1) is 15.1. The van der Waals surface area contributed by atoms with E-state index in [1.807, 2.05) is 18.2 Å². The molecule has 0 aliphatic rings. The number of carbonyl (C=O) groups is 1. The van der Waals surface area contributed by atoms with Crippen molar-refractivity contribution in [2.75, 3.05) is 5.88 Å². The molecule has 4 nitrogen and oxygen atoms in total. The Morgan fingerprint density at radius 3 is 2.85 bits per heavy atom. The molecule has 0 spiro atoms. The fourth-order valence-electron chi connectivity index (χ4n) is 2.24. The molecule has 2 rings (SSSR count). The van der Waals surface area contributed by atoms with E-state index in [0.29, 0.717) is 23.7 Å². The van der Waals surface area contributed by atoms with Gasteiger partial charge in [0.2, 0.25) is 5.91 Å². The summed E-state index contributed by atoms with van der Waals surface area (Å²) in [6.45, 7) is 0.788. The molecule has 0 fully saturated rings. The number of nitrogens with two attached hydrogens (primary N) is 1. The zero-order valence-corrected chi connectivity index (χ0v) is 12.6. The van der Waals surface area contributed by atoms with Gasteiger partial charge in [0.25, 0.3) is 0 Å². The summed E-state index contributed by atoms with van der Waals surface area (Å²) in [4.78, 5) is 15.3. The minimum Gasteiger partial charge on any atom is -0.370 e. The summed E-state index contributed by atoms with van der Waals surface area (Å²) in [5.41, 5.74) is 7.08. The lowest BCUT2D eigenvalue weighted by molar-refractivity contribution is -0.118. The Balaban J connectivity index is 2.21. The number of nitrogens with zero attached hydrogens (tertiary/aromatic N) is 2. The van der Waals surface area contributed by atoms with Crippen molar-refractivity contribution in [3.8, 4) is 0 Å². The van der Waals surface area contributed by atoms with E-state index in [9.17, 15) is 4.79 Å². The first-order chi connectivity index (χ1) is 9.61. The number of rotatable bonds is 7. The summed E-state index contributed by atoms with van der Waals surface area (Å²) < 4.78 is 2.13. The Bertz CT molecular complexity index is 610. The lowest BCUT2D eigenvalue weighted by atomic mass is 10.2. The summed E-state index contributed by atoms with van der Waals surface area (Å²) in [5.74, 6) is 1.22. The van der Waals surface area contributed by atoms with E-state index in [2.05, 4.69) is 9.55 Å². The van der Waals surface area contributed by atoms with E-state index in [1.165, 1.54) is 0 Å². The molecule has 2 N–H and O–H groups in total. The van der Waals surface area contributed by atoms with Gasteiger partial charge in [-0.3, -0.25) is 4.79 Å². The third-order valence-electron chi connectivity index (χ3n) is 3.16. The molecular weight excluding hydrogens is 297 g/mol. The number of primary amides is 1. The molecule has 1 amide bonds. The summed E-state index contributed by atoms with van der Waals surface area (Å²) >= 11 is 11.9. The van der Waals surface area contributed by atoms with Crippen LogP contribution >= 0.6 is 23.2 Å². The average Bonchev–Trinajstić information content (AvgIpc) is 2.72. The number of hydrogen-bond donors (Lipinski definition) is 1. The summed E-state index contributed by atoms with van der Waals surface area (Å²) in [6.07, 6.45) is 2.77. The number of imidazole rings is 1. The predicted molar refractivity (Wildman–Crippen MR) is 82.2 cm³/mol. The van der Waals surface area contributed by atoms with Gasteiger partial charge in [-0.25, -0.2) is 4.98 Å². The maximum Gasteiger partial charge on any atom is 0.217 e. The SMILES string of the molecule is NC(=O)CCCCn1c(CCCl)nc2ccc(Cl)cc21. The van der Waals surface area contributed by atoms with Gasteiger partial charge < -0.3 is 10.3 Å². The number of aryl methyl sites for hydroxylation is 2. The van der Waals surface area contributed by atoms with Crippen LogP contribution in [-0.2, 0) is 17.8 Å². The van der Waals surface area contributed by atoms with Gasteiger partial charge in [0.05, 0.1) is 11.0 Å². The zero-order chi connectivity index (χ0) is 14.5. The van der Waals surface area contributed by atoms with Gasteiger partial charge in [-0.05, 0) is 31.0 Å². The van der Waals surface area contributed by atoms with E-state index < -0.39 is 0 Å². The van der Waals surface area contributed by atoms with Crippen molar-refractivity contribution < 1.29 is 4.79 Å². The monoisotopic (exact) mass is 313 g/mol. The molecule has 1 aromatic heterocycles. The molecule has 1 aromatic carbocycles. The molecule has 0 bridgehead atoms. The van der Waals surface area contributed by atoms with Gasteiger partial charge in [0, 0.05) is 30.3 Å². The maximum atomic E-state index is 10.8. The van der Waals surface area contributed by atoms with Crippen LogP contribution in [0.4, 0.5) is 0 Å². The van der Waals surface area contributed by atoms with Crippen LogP contribution in [-0.4, -0.2) is 21.3 Å². The number of benzene rings is 1. The molecule has 0 unspecified atom stereocenters. The van der Waals surface area contributed by atoms with Crippen molar-refractivity contribution in [2.24, 2.45) is 5.73 Å². The Labute approximate surface area is 127 Å². The van der Waals surface area contributed by atoms with Crippen molar-refractivity contribution in [1.82, 2.24) is 9.55 Å². The molecule has 0 atom stereocenters. The molecule has 0 aliphatic heterocycles. The van der Waals surface area contributed by atoms with E-state index >= 15 is 0 Å². The quantitative estimate of drug-likeness (QED) is 0.630. The number of alkyl halides is 1. The van der Waals surface area contributed by atoms with Crippen LogP contribution < -0.4 is 5.73 Å². The highest BCUT2D eigenvalue weighted by molar-refractivity contribution is 6.31. The Kier molecular flexibility index (Phi) is 5.26. The van der Waals surface area contributed by atoms with Gasteiger partial charge in [0.1, 0.15) is 5.82 Å². The first-order valence-electron chi connectivity index (χ1n) is 6.60. The molecule has 0 radical (unpaired) electrons. The van der Waals surface area contributed by atoms with Crippen molar-refractivity contribution in [1.29, 1.82) is 0 Å². The van der Waals surface area contributed by atoms with Crippen molar-refractivity contribution >= 4 is 40.1 Å². The van der Waals surface area contributed by atoms with Gasteiger partial charge in [-0.1, -0.05) is 11.6 Å². The topological polar surface area (TPSA) is 60.9 Å². The molecule has 20 heavy (non-hydrogen) atoms. The van der Waals surface area contributed by atoms with Gasteiger partial charge in [-0.2, -0.15) is 0 Å². The summed E-state index contributed by atoms with van der Waals surface area (Å²) in [7, 11) is 0. The molecule has 2 aromatic rings. The van der Waals surface area contributed by atoms with Crippen LogP contribution in [0.3, 0.4) is 0 Å². The number of carbonyl (C=O) groups excluding carboxylic acids is 1. The normalized spacial score (nSPS) is 11.1. The van der Waals surface area contributed by atoms with Crippen LogP contribution in [0.5, 0.6) is 0 Å². The molecule has 108 valence electrons. The minimum atomic E-state index is -0.260. The highest BCUT2D eigenvalue weighted by atomic mass is 35.5. The number of unbranched alkanes of at least 4 members (excludes halogenated alkanes) is 1. The number of hydrogen-bond acceptors (Lipinski definition) is 2. The Morgan fingerprint density at radius 2 is 2.15 bits per heavy atom. The highest BCUT2D eigenvalue weighted by Gasteiger charge is 2.10. The van der Waals surface area contributed by atoms with E-state index in [4.69, 9.17) is 28.9 Å². The second-order valence-corrected chi connectivity index (χ2v) is 5.49. The van der Waals surface area contributed by atoms with Gasteiger partial charge >= 0.3 is 0 Å². The molecule has 0 saturated heterocycles. The van der Waals surface area contributed by atoms with E-state index in [0.717, 1.165) is 36.2 Å². The van der Waals surface area contributed by atoms with Crippen molar-refractivity contribution in [3.63, 3.8) is 0 Å². The molecular formula is C14H17Cl2N3O. The minimum absolute atomic E-state index is 0.260. The van der Waals surface area contributed by atoms with Crippen LogP contribution in [0.15, 0.2) is 18.2 Å². The number of aromatic nitrogens is 2. The summed E-state index contributed by atoms with van der Waals surface area (Å²) in [6, 6.07) is 5.66. The van der Waals surface area contributed by atoms with Crippen LogP contribution in [0.2, 0.25) is 5.02 Å². The lowest BCUT2D eigenvalue weighted by Crippen LogP contribution is -2.11. The highest BCUT2D eigenvalue weighted by Crippen LogP contribution is 2.22. The molecule has 6 heteroatoms. The van der Waals surface area contributed by atoms with Crippen molar-refractivity contribution in [2.45, 2.75) is 32.2 Å². The number of fused-ring (bicyclic) bond motifs is 1. The van der Waals surface area contributed by atoms with Crippen LogP contribution in [0.25, 0.3) is 11.0 Å². The van der Waals surface area contributed by atoms with Crippen molar-refractivity contribution in [3.05, 3.63) is 29.0 Å². The molecule has 1 heterocycles. The van der Waals surface area contributed by atoms with Crippen LogP contribution in [0.1, 0.15) is 25.1 Å². The largest absolute Gasteiger partial charge is 0.370 e. The first-order valence-corrected chi connectivity index (χ1v) is 7.52. The van der Waals surface area contributed by atoms with Crippen LogP contribution in [0, 0.1) is 0 Å². The zero-order valence-electron chi connectivity index (χ0n) is 11.1.